The third-order valence-electron chi connectivity index (χ3n) is 3.35. The number of carboxylic acid groups (broad SMARTS) is 1. The Morgan fingerprint density at radius 2 is 2.10 bits per heavy atom. The summed E-state index contributed by atoms with van der Waals surface area (Å²) in [6.45, 7) is 0.820. The van der Waals surface area contributed by atoms with E-state index < -0.39 is 5.97 Å². The van der Waals surface area contributed by atoms with E-state index >= 15 is 0 Å². The van der Waals surface area contributed by atoms with Crippen LogP contribution in [0.5, 0.6) is 0 Å². The van der Waals surface area contributed by atoms with E-state index in [0.717, 1.165) is 32.2 Å². The van der Waals surface area contributed by atoms with Gasteiger partial charge in [0.15, 0.2) is 0 Å². The highest BCUT2D eigenvalue weighted by Crippen LogP contribution is 2.23. The van der Waals surface area contributed by atoms with Crippen LogP contribution in [-0.4, -0.2) is 29.6 Å². The van der Waals surface area contributed by atoms with Gasteiger partial charge in [-0.05, 0) is 37.6 Å². The molecule has 0 spiro atoms. The second-order valence-electron chi connectivity index (χ2n) is 4.85. The molecule has 1 saturated heterocycles. The Morgan fingerprint density at radius 1 is 1.30 bits per heavy atom. The third-order valence-corrected chi connectivity index (χ3v) is 3.68. The Balaban J connectivity index is 2.10. The van der Waals surface area contributed by atoms with Crippen LogP contribution in [0.1, 0.15) is 36.0 Å². The number of hydrogen-bond acceptors (Lipinski definition) is 3. The van der Waals surface area contributed by atoms with Crippen LogP contribution in [0.2, 0.25) is 5.02 Å². The number of anilines is 1. The van der Waals surface area contributed by atoms with Gasteiger partial charge in [-0.15, -0.1) is 0 Å². The minimum Gasteiger partial charge on any atom is -0.478 e. The van der Waals surface area contributed by atoms with E-state index in [0.29, 0.717) is 10.7 Å². The van der Waals surface area contributed by atoms with Gasteiger partial charge in [0.2, 0.25) is 5.91 Å². The van der Waals surface area contributed by atoms with Crippen LogP contribution in [-0.2, 0) is 4.79 Å². The van der Waals surface area contributed by atoms with Crippen LogP contribution in [0.3, 0.4) is 0 Å². The first-order valence-electron chi connectivity index (χ1n) is 6.65. The van der Waals surface area contributed by atoms with Crippen molar-refractivity contribution in [1.29, 1.82) is 0 Å². The summed E-state index contributed by atoms with van der Waals surface area (Å²) in [5, 5.41) is 15.2. The van der Waals surface area contributed by atoms with Crippen LogP contribution in [0.15, 0.2) is 18.2 Å². The van der Waals surface area contributed by atoms with Gasteiger partial charge in [0, 0.05) is 0 Å². The molecule has 1 aromatic carbocycles. The maximum Gasteiger partial charge on any atom is 0.335 e. The number of hydrogen-bond donors (Lipinski definition) is 3. The highest BCUT2D eigenvalue weighted by atomic mass is 35.5. The standard InChI is InChI=1S/C14H17ClN2O3/c15-10-6-5-9(14(19)20)8-12(10)17-13(18)11-4-2-1-3-7-16-11/h5-6,8,11,16H,1-4,7H2,(H,17,18)(H,19,20). The summed E-state index contributed by atoms with van der Waals surface area (Å²) in [5.41, 5.74) is 0.432. The lowest BCUT2D eigenvalue weighted by molar-refractivity contribution is -0.118. The van der Waals surface area contributed by atoms with Crippen molar-refractivity contribution < 1.29 is 14.7 Å². The number of carbonyl (C=O) groups is 2. The topological polar surface area (TPSA) is 78.4 Å². The zero-order valence-electron chi connectivity index (χ0n) is 11.0. The fourth-order valence-electron chi connectivity index (χ4n) is 2.23. The van der Waals surface area contributed by atoms with Gasteiger partial charge < -0.3 is 15.7 Å². The predicted octanol–water partition coefficient (Wildman–Crippen LogP) is 2.51. The number of carboxylic acids is 1. The van der Waals surface area contributed by atoms with E-state index in [1.165, 1.54) is 18.2 Å². The second kappa shape index (κ2) is 6.72. The average Bonchev–Trinajstić information content (AvgIpc) is 2.70. The van der Waals surface area contributed by atoms with Crippen molar-refractivity contribution >= 4 is 29.2 Å². The fraction of sp³-hybridized carbons (Fsp3) is 0.429. The molecule has 1 aromatic rings. The average molecular weight is 297 g/mol. The molecule has 20 heavy (non-hydrogen) atoms. The molecule has 1 heterocycles. The molecule has 1 amide bonds. The Bertz CT molecular complexity index is 511. The van der Waals surface area contributed by atoms with Crippen LogP contribution >= 0.6 is 11.6 Å². The first-order chi connectivity index (χ1) is 9.58. The van der Waals surface area contributed by atoms with E-state index in [1.807, 2.05) is 0 Å². The Labute approximate surface area is 122 Å². The highest BCUT2D eigenvalue weighted by molar-refractivity contribution is 6.33. The summed E-state index contributed by atoms with van der Waals surface area (Å²) in [6.07, 6.45) is 3.97. The van der Waals surface area contributed by atoms with Gasteiger partial charge in [0.05, 0.1) is 22.3 Å². The molecule has 1 aliphatic rings. The van der Waals surface area contributed by atoms with Gasteiger partial charge >= 0.3 is 5.97 Å². The third kappa shape index (κ3) is 3.71. The van der Waals surface area contributed by atoms with Crippen LogP contribution in [0.25, 0.3) is 0 Å². The van der Waals surface area contributed by atoms with E-state index in [9.17, 15) is 9.59 Å². The quantitative estimate of drug-likeness (QED) is 0.801. The molecule has 1 atom stereocenters. The first kappa shape index (κ1) is 14.8. The van der Waals surface area contributed by atoms with E-state index in [4.69, 9.17) is 16.7 Å². The van der Waals surface area contributed by atoms with Gasteiger partial charge in [-0.3, -0.25) is 4.79 Å². The number of aromatic carboxylic acids is 1. The smallest absolute Gasteiger partial charge is 0.335 e. The molecular formula is C14H17ClN2O3. The molecule has 0 saturated carbocycles. The van der Waals surface area contributed by atoms with Crippen LogP contribution < -0.4 is 10.6 Å². The van der Waals surface area contributed by atoms with Gasteiger partial charge in [0.1, 0.15) is 0 Å². The summed E-state index contributed by atoms with van der Waals surface area (Å²) in [5.74, 6) is -1.22. The van der Waals surface area contributed by atoms with Crippen molar-refractivity contribution in [2.24, 2.45) is 0 Å². The van der Waals surface area contributed by atoms with Crippen molar-refractivity contribution in [3.63, 3.8) is 0 Å². The molecule has 1 fully saturated rings. The number of amides is 1. The maximum absolute atomic E-state index is 12.2. The minimum atomic E-state index is -1.05. The normalized spacial score (nSPS) is 19.1. The highest BCUT2D eigenvalue weighted by Gasteiger charge is 2.20. The van der Waals surface area contributed by atoms with Crippen molar-refractivity contribution in [1.82, 2.24) is 5.32 Å². The summed E-state index contributed by atoms with van der Waals surface area (Å²) in [7, 11) is 0. The molecule has 0 bridgehead atoms. The number of rotatable bonds is 3. The fourth-order valence-corrected chi connectivity index (χ4v) is 2.39. The molecule has 2 rings (SSSR count). The largest absolute Gasteiger partial charge is 0.478 e. The summed E-state index contributed by atoms with van der Waals surface area (Å²) in [4.78, 5) is 23.1. The second-order valence-corrected chi connectivity index (χ2v) is 5.25. The lowest BCUT2D eigenvalue weighted by atomic mass is 10.1. The number of benzene rings is 1. The monoisotopic (exact) mass is 296 g/mol. The summed E-state index contributed by atoms with van der Waals surface area (Å²) < 4.78 is 0. The molecule has 0 radical (unpaired) electrons. The van der Waals surface area contributed by atoms with Crippen molar-refractivity contribution in [3.8, 4) is 0 Å². The van der Waals surface area contributed by atoms with Gasteiger partial charge in [-0.1, -0.05) is 24.4 Å². The van der Waals surface area contributed by atoms with Crippen LogP contribution in [0.4, 0.5) is 5.69 Å². The molecule has 5 nitrogen and oxygen atoms in total. The molecular weight excluding hydrogens is 280 g/mol. The van der Waals surface area contributed by atoms with E-state index in [2.05, 4.69) is 10.6 Å². The number of carbonyl (C=O) groups excluding carboxylic acids is 1. The minimum absolute atomic E-state index is 0.0959. The summed E-state index contributed by atoms with van der Waals surface area (Å²) >= 11 is 5.99. The Morgan fingerprint density at radius 3 is 2.85 bits per heavy atom. The lowest BCUT2D eigenvalue weighted by Gasteiger charge is -2.16. The SMILES string of the molecule is O=C(O)c1ccc(Cl)c(NC(=O)C2CCCCCN2)c1. The molecule has 6 heteroatoms. The number of halogens is 1. The van der Waals surface area contributed by atoms with Crippen molar-refractivity contribution in [3.05, 3.63) is 28.8 Å². The van der Waals surface area contributed by atoms with E-state index in [1.54, 1.807) is 0 Å². The van der Waals surface area contributed by atoms with Gasteiger partial charge in [-0.2, -0.15) is 0 Å². The zero-order chi connectivity index (χ0) is 14.5. The zero-order valence-corrected chi connectivity index (χ0v) is 11.7. The van der Waals surface area contributed by atoms with Gasteiger partial charge in [-0.25, -0.2) is 4.79 Å². The molecule has 0 aromatic heterocycles. The number of nitrogens with one attached hydrogen (secondary N) is 2. The molecule has 1 aliphatic heterocycles. The molecule has 1 unspecified atom stereocenters. The maximum atomic E-state index is 12.2. The molecule has 108 valence electrons. The van der Waals surface area contributed by atoms with Crippen LogP contribution in [0, 0.1) is 0 Å². The molecule has 0 aliphatic carbocycles. The van der Waals surface area contributed by atoms with E-state index in [-0.39, 0.29) is 17.5 Å². The summed E-state index contributed by atoms with van der Waals surface area (Å²) in [6, 6.07) is 4.01. The molecule has 3 N–H and O–H groups in total. The predicted molar refractivity (Wildman–Crippen MR) is 77.3 cm³/mol. The first-order valence-corrected chi connectivity index (χ1v) is 7.03. The van der Waals surface area contributed by atoms with Crippen molar-refractivity contribution in [2.75, 3.05) is 11.9 Å². The Hall–Kier alpha value is -1.59. The van der Waals surface area contributed by atoms with Gasteiger partial charge in [0.25, 0.3) is 0 Å². The lowest BCUT2D eigenvalue weighted by Crippen LogP contribution is -2.39. The van der Waals surface area contributed by atoms with Crippen molar-refractivity contribution in [2.45, 2.75) is 31.7 Å². The Kier molecular flexibility index (Phi) is 4.98.